The molecule has 2 heteroatoms. The van der Waals surface area contributed by atoms with Crippen molar-refractivity contribution in [3.05, 3.63) is 70.9 Å². The van der Waals surface area contributed by atoms with E-state index in [9.17, 15) is 0 Å². The van der Waals surface area contributed by atoms with Gasteiger partial charge in [0.05, 0.1) is 22.1 Å². The molecule has 3 atom stereocenters. The van der Waals surface area contributed by atoms with Crippen molar-refractivity contribution in [1.29, 1.82) is 0 Å². The maximum atomic E-state index is 5.00. The van der Waals surface area contributed by atoms with Crippen LogP contribution in [0.15, 0.2) is 48.7 Å². The molecule has 0 radical (unpaired) electrons. The topological polar surface area (TPSA) is 17.3 Å². The lowest BCUT2D eigenvalue weighted by molar-refractivity contribution is 0.422. The van der Waals surface area contributed by atoms with E-state index in [0.717, 1.165) is 17.4 Å². The first-order valence-corrected chi connectivity index (χ1v) is 12.6. The molecule has 0 N–H and O–H groups in total. The molecule has 3 heterocycles. The molecule has 0 amide bonds. The predicted octanol–water partition coefficient (Wildman–Crippen LogP) is 8.21. The first kappa shape index (κ1) is 18.3. The van der Waals surface area contributed by atoms with Crippen LogP contribution >= 0.6 is 0 Å². The highest BCUT2D eigenvalue weighted by Crippen LogP contribution is 2.56. The highest BCUT2D eigenvalue weighted by atomic mass is 14.9. The number of rotatable bonds is 1. The molecule has 2 fully saturated rings. The van der Waals surface area contributed by atoms with Crippen molar-refractivity contribution in [3.8, 4) is 0 Å². The summed E-state index contributed by atoms with van der Waals surface area (Å²) in [5, 5.41) is 6.88. The minimum absolute atomic E-state index is 0.700. The van der Waals surface area contributed by atoms with Gasteiger partial charge >= 0.3 is 0 Å². The van der Waals surface area contributed by atoms with Gasteiger partial charge in [0, 0.05) is 27.7 Å². The number of hydrogen-bond acceptors (Lipinski definition) is 1. The molecule has 2 bridgehead atoms. The van der Waals surface area contributed by atoms with Gasteiger partial charge in [-0.2, -0.15) is 0 Å². The molecule has 0 aliphatic heterocycles. The third-order valence-electron chi connectivity index (χ3n) is 9.44. The maximum Gasteiger partial charge on any atom is 0.0822 e. The third-order valence-corrected chi connectivity index (χ3v) is 9.44. The van der Waals surface area contributed by atoms with Gasteiger partial charge in [-0.1, -0.05) is 24.6 Å². The van der Waals surface area contributed by atoms with E-state index in [1.807, 2.05) is 6.20 Å². The predicted molar refractivity (Wildman–Crippen MR) is 139 cm³/mol. The summed E-state index contributed by atoms with van der Waals surface area (Å²) in [6.45, 7) is 6.80. The Balaban J connectivity index is 1.69. The first-order valence-electron chi connectivity index (χ1n) is 12.6. The molecular weight excluding hydrogens is 400 g/mol. The van der Waals surface area contributed by atoms with Crippen LogP contribution in [0.3, 0.4) is 0 Å². The molecule has 0 saturated heterocycles. The molecular formula is C31H28N2. The van der Waals surface area contributed by atoms with E-state index in [4.69, 9.17) is 4.98 Å². The van der Waals surface area contributed by atoms with Gasteiger partial charge in [-0.3, -0.25) is 4.98 Å². The number of nitrogens with zero attached hydrogens (tertiary/aromatic N) is 2. The lowest BCUT2D eigenvalue weighted by Gasteiger charge is -2.24. The number of aromatic nitrogens is 2. The average Bonchev–Trinajstić information content (AvgIpc) is 3.55. The molecule has 0 spiro atoms. The normalized spacial score (nSPS) is 22.8. The van der Waals surface area contributed by atoms with Crippen LogP contribution in [0.25, 0.3) is 49.0 Å². The van der Waals surface area contributed by atoms with Crippen LogP contribution in [-0.2, 0) is 0 Å². The molecule has 2 aliphatic rings. The second-order valence-electron chi connectivity index (χ2n) is 10.9. The molecule has 162 valence electrons. The zero-order chi connectivity index (χ0) is 22.0. The quantitative estimate of drug-likeness (QED) is 0.190. The maximum absolute atomic E-state index is 5.00. The Hall–Kier alpha value is -3.13. The fourth-order valence-corrected chi connectivity index (χ4v) is 7.75. The van der Waals surface area contributed by atoms with E-state index in [1.54, 1.807) is 5.56 Å². The fraction of sp³-hybridized carbons (Fsp3) is 0.323. The van der Waals surface area contributed by atoms with E-state index < -0.39 is 0 Å². The number of hydrogen-bond donors (Lipinski definition) is 0. The fourth-order valence-electron chi connectivity index (χ4n) is 7.75. The monoisotopic (exact) mass is 428 g/mol. The summed E-state index contributed by atoms with van der Waals surface area (Å²) in [5.41, 5.74) is 10.9. The van der Waals surface area contributed by atoms with Crippen molar-refractivity contribution < 1.29 is 0 Å². The van der Waals surface area contributed by atoms with E-state index >= 15 is 0 Å². The Morgan fingerprint density at radius 3 is 2.55 bits per heavy atom. The average molecular weight is 429 g/mol. The smallest absolute Gasteiger partial charge is 0.0822 e. The lowest BCUT2D eigenvalue weighted by Crippen LogP contribution is -2.09. The van der Waals surface area contributed by atoms with Crippen LogP contribution < -0.4 is 0 Å². The highest BCUT2D eigenvalue weighted by molar-refractivity contribution is 6.28. The zero-order valence-corrected chi connectivity index (χ0v) is 19.6. The summed E-state index contributed by atoms with van der Waals surface area (Å²) < 4.78 is 2.59. The Labute approximate surface area is 193 Å². The molecule has 2 saturated carbocycles. The largest absolute Gasteiger partial charge is 0.308 e. The van der Waals surface area contributed by atoms with Gasteiger partial charge in [0.25, 0.3) is 0 Å². The van der Waals surface area contributed by atoms with E-state index in [-0.39, 0.29) is 0 Å². The number of pyridine rings is 2. The van der Waals surface area contributed by atoms with Crippen molar-refractivity contribution in [2.75, 3.05) is 0 Å². The van der Waals surface area contributed by atoms with Crippen molar-refractivity contribution in [1.82, 2.24) is 9.38 Å². The summed E-state index contributed by atoms with van der Waals surface area (Å²) >= 11 is 0. The molecule has 33 heavy (non-hydrogen) atoms. The molecule has 3 unspecified atom stereocenters. The van der Waals surface area contributed by atoms with Crippen LogP contribution in [-0.4, -0.2) is 9.38 Å². The summed E-state index contributed by atoms with van der Waals surface area (Å²) in [6, 6.07) is 16.3. The van der Waals surface area contributed by atoms with Gasteiger partial charge in [0.2, 0.25) is 0 Å². The van der Waals surface area contributed by atoms with Crippen molar-refractivity contribution in [2.24, 2.45) is 11.8 Å². The van der Waals surface area contributed by atoms with E-state index in [1.165, 1.54) is 85.9 Å². The van der Waals surface area contributed by atoms with Crippen LogP contribution in [0.2, 0.25) is 0 Å². The van der Waals surface area contributed by atoms with Gasteiger partial charge in [-0.05, 0) is 110 Å². The standard InChI is InChI=1S/C31H28N2/c1-16-12-25-29-27-21(10-11-32-29)15-24(23-14-19-8-9-20(23)13-19)28-22-6-4-5-7-26(22)33(31(27)28)30(25)18(3)17(16)2/h4-7,10-12,15,19-20,23H,8-9,13-14H2,1-3H3. The number of aryl methyl sites for hydroxylation is 2. The minimum atomic E-state index is 0.700. The zero-order valence-electron chi connectivity index (χ0n) is 19.6. The van der Waals surface area contributed by atoms with Crippen LogP contribution in [0.5, 0.6) is 0 Å². The van der Waals surface area contributed by atoms with Gasteiger partial charge in [0.15, 0.2) is 0 Å². The number of para-hydroxylation sites is 1. The van der Waals surface area contributed by atoms with Crippen LogP contribution in [0.4, 0.5) is 0 Å². The summed E-state index contributed by atoms with van der Waals surface area (Å²) in [7, 11) is 0. The second kappa shape index (κ2) is 6.05. The summed E-state index contributed by atoms with van der Waals surface area (Å²) in [4.78, 5) is 5.00. The van der Waals surface area contributed by atoms with Crippen LogP contribution in [0.1, 0.15) is 53.9 Å². The van der Waals surface area contributed by atoms with Crippen molar-refractivity contribution in [2.45, 2.75) is 52.4 Å². The van der Waals surface area contributed by atoms with Gasteiger partial charge in [-0.25, -0.2) is 0 Å². The number of fused-ring (bicyclic) bond motifs is 8. The summed E-state index contributed by atoms with van der Waals surface area (Å²) in [5.74, 6) is 2.50. The minimum Gasteiger partial charge on any atom is -0.308 e. The molecule has 6 aromatic rings. The first-order chi connectivity index (χ1) is 16.1. The van der Waals surface area contributed by atoms with Crippen molar-refractivity contribution >= 4 is 49.0 Å². The molecule has 2 nitrogen and oxygen atoms in total. The van der Waals surface area contributed by atoms with E-state index in [2.05, 4.69) is 67.6 Å². The Morgan fingerprint density at radius 1 is 0.848 bits per heavy atom. The SMILES string of the molecule is Cc1cc2c3nccc4cc(C5CC6CCC5C6)c5c6ccccc6n(c2c(C)c1C)c5c43. The molecule has 3 aromatic heterocycles. The lowest BCUT2D eigenvalue weighted by atomic mass is 9.80. The Kier molecular flexibility index (Phi) is 3.36. The van der Waals surface area contributed by atoms with Crippen molar-refractivity contribution in [3.63, 3.8) is 0 Å². The van der Waals surface area contributed by atoms with E-state index in [0.29, 0.717) is 5.92 Å². The van der Waals surface area contributed by atoms with Crippen LogP contribution in [0, 0.1) is 32.6 Å². The Morgan fingerprint density at radius 2 is 1.73 bits per heavy atom. The number of benzene rings is 3. The Bertz CT molecular complexity index is 1770. The highest BCUT2D eigenvalue weighted by Gasteiger charge is 2.41. The third kappa shape index (κ3) is 2.13. The molecule has 2 aliphatic carbocycles. The molecule has 8 rings (SSSR count). The second-order valence-corrected chi connectivity index (χ2v) is 10.9. The summed E-state index contributed by atoms with van der Waals surface area (Å²) in [6.07, 6.45) is 7.69. The molecule has 3 aromatic carbocycles. The van der Waals surface area contributed by atoms with Gasteiger partial charge in [-0.15, -0.1) is 0 Å². The van der Waals surface area contributed by atoms with Gasteiger partial charge < -0.3 is 4.40 Å². The van der Waals surface area contributed by atoms with Gasteiger partial charge in [0.1, 0.15) is 0 Å².